The topological polar surface area (TPSA) is 64.7 Å². The van der Waals surface area contributed by atoms with Gasteiger partial charge in [-0.2, -0.15) is 10.5 Å². The fourth-order valence-electron chi connectivity index (χ4n) is 2.08. The first-order valence-electron chi connectivity index (χ1n) is 6.77. The highest BCUT2D eigenvalue weighted by Gasteiger charge is 2.30. The van der Waals surface area contributed by atoms with Gasteiger partial charge in [0.25, 0.3) is 0 Å². The van der Waals surface area contributed by atoms with E-state index in [9.17, 15) is 4.21 Å². The van der Waals surface area contributed by atoms with Gasteiger partial charge in [0.15, 0.2) is 4.90 Å². The van der Waals surface area contributed by atoms with Gasteiger partial charge in [-0.15, -0.1) is 0 Å². The van der Waals surface area contributed by atoms with Crippen LogP contribution in [0.5, 0.6) is 0 Å². The van der Waals surface area contributed by atoms with Crippen LogP contribution in [0.2, 0.25) is 0 Å². The Morgan fingerprint density at radius 2 is 1.50 bits per heavy atom. The van der Waals surface area contributed by atoms with Gasteiger partial charge in [-0.05, 0) is 18.2 Å². The Kier molecular flexibility index (Phi) is 5.25. The van der Waals surface area contributed by atoms with E-state index < -0.39 is 9.93 Å². The molecule has 0 saturated heterocycles. The highest BCUT2D eigenvalue weighted by molar-refractivity contribution is 8.02. The molecule has 0 spiro atoms. The van der Waals surface area contributed by atoms with Crippen molar-refractivity contribution in [3.8, 4) is 12.1 Å². The van der Waals surface area contributed by atoms with Gasteiger partial charge in [0, 0.05) is 5.56 Å². The number of nitrogens with zero attached hydrogens (tertiary/aromatic N) is 2. The molecule has 108 valence electrons. The van der Waals surface area contributed by atoms with Crippen LogP contribution in [0.3, 0.4) is 0 Å². The summed E-state index contributed by atoms with van der Waals surface area (Å²) in [7, 11) is -2.41. The second kappa shape index (κ2) is 7.36. The van der Waals surface area contributed by atoms with Crippen LogP contribution >= 0.6 is 0 Å². The highest BCUT2D eigenvalue weighted by atomic mass is 32.2. The van der Waals surface area contributed by atoms with Crippen molar-refractivity contribution in [1.29, 1.82) is 10.5 Å². The van der Waals surface area contributed by atoms with Crippen LogP contribution in [0, 0.1) is 22.7 Å². The summed E-state index contributed by atoms with van der Waals surface area (Å²) in [5.74, 6) is 0.570. The molecule has 0 bridgehead atoms. The summed E-state index contributed by atoms with van der Waals surface area (Å²) in [6.45, 7) is 0. The van der Waals surface area contributed by atoms with E-state index in [2.05, 4.69) is 0 Å². The maximum Gasteiger partial charge on any atom is 0.158 e. The molecule has 0 heterocycles. The van der Waals surface area contributed by atoms with Crippen LogP contribution in [0.15, 0.2) is 77.2 Å². The van der Waals surface area contributed by atoms with Crippen molar-refractivity contribution in [2.45, 2.75) is 10.6 Å². The third-order valence-electron chi connectivity index (χ3n) is 3.21. The molecule has 0 radical (unpaired) electrons. The molecule has 2 rings (SSSR count). The lowest BCUT2D eigenvalue weighted by molar-refractivity contribution is 0.585. The SMILES string of the molecule is N#CC(C#N)=CC[S+](=O)(Cc1ccccc1)c1ccccc1. The lowest BCUT2D eigenvalue weighted by Gasteiger charge is -2.11. The first-order valence-corrected chi connectivity index (χ1v) is 8.66. The predicted molar refractivity (Wildman–Crippen MR) is 87.1 cm³/mol. The van der Waals surface area contributed by atoms with Gasteiger partial charge in [0.2, 0.25) is 0 Å². The molecular formula is C18H15N2OS+. The molecule has 4 heteroatoms. The van der Waals surface area contributed by atoms with Crippen LogP contribution in [0.4, 0.5) is 0 Å². The Labute approximate surface area is 131 Å². The molecule has 0 aromatic heterocycles. The molecule has 0 amide bonds. The largest absolute Gasteiger partial charge is 0.192 e. The summed E-state index contributed by atoms with van der Waals surface area (Å²) in [5.41, 5.74) is 0.969. The van der Waals surface area contributed by atoms with E-state index in [-0.39, 0.29) is 11.3 Å². The summed E-state index contributed by atoms with van der Waals surface area (Å²) < 4.78 is 13.4. The van der Waals surface area contributed by atoms with Gasteiger partial charge in [-0.1, -0.05) is 52.7 Å². The molecule has 0 aliphatic carbocycles. The lowest BCUT2D eigenvalue weighted by Crippen LogP contribution is -2.18. The molecule has 22 heavy (non-hydrogen) atoms. The Bertz CT molecular complexity index is 767. The van der Waals surface area contributed by atoms with Crippen molar-refractivity contribution in [3.05, 3.63) is 77.9 Å². The minimum Gasteiger partial charge on any atom is -0.192 e. The van der Waals surface area contributed by atoms with Crippen LogP contribution in [-0.4, -0.2) is 5.75 Å². The minimum absolute atomic E-state index is 0.00304. The van der Waals surface area contributed by atoms with E-state index in [1.165, 1.54) is 6.08 Å². The normalized spacial score (nSPS) is 12.5. The summed E-state index contributed by atoms with van der Waals surface area (Å²) in [5, 5.41) is 17.7. The molecule has 0 aliphatic heterocycles. The van der Waals surface area contributed by atoms with Crippen LogP contribution in [0.25, 0.3) is 0 Å². The fourth-order valence-corrected chi connectivity index (χ4v) is 4.38. The van der Waals surface area contributed by atoms with E-state index >= 15 is 0 Å². The van der Waals surface area contributed by atoms with Gasteiger partial charge in [-0.3, -0.25) is 0 Å². The number of benzene rings is 2. The Balaban J connectivity index is 2.38. The molecule has 1 unspecified atom stereocenters. The molecule has 0 fully saturated rings. The first-order chi connectivity index (χ1) is 10.7. The molecule has 0 saturated carbocycles. The fraction of sp³-hybridized carbons (Fsp3) is 0.111. The summed E-state index contributed by atoms with van der Waals surface area (Å²) >= 11 is 0. The average Bonchev–Trinajstić information content (AvgIpc) is 2.57. The Morgan fingerprint density at radius 3 is 2.05 bits per heavy atom. The monoisotopic (exact) mass is 307 g/mol. The highest BCUT2D eigenvalue weighted by Crippen LogP contribution is 2.25. The zero-order valence-corrected chi connectivity index (χ0v) is 12.8. The Hall–Kier alpha value is -2.69. The van der Waals surface area contributed by atoms with E-state index in [0.29, 0.717) is 5.75 Å². The van der Waals surface area contributed by atoms with Gasteiger partial charge in [0.1, 0.15) is 39.1 Å². The smallest absolute Gasteiger partial charge is 0.158 e. The maximum atomic E-state index is 13.4. The zero-order chi connectivity index (χ0) is 15.8. The quantitative estimate of drug-likeness (QED) is 0.624. The van der Waals surface area contributed by atoms with E-state index in [1.807, 2.05) is 72.8 Å². The van der Waals surface area contributed by atoms with Crippen LogP contribution < -0.4 is 0 Å². The van der Waals surface area contributed by atoms with Crippen molar-refractivity contribution < 1.29 is 4.21 Å². The predicted octanol–water partition coefficient (Wildman–Crippen LogP) is 3.72. The Morgan fingerprint density at radius 1 is 0.955 bits per heavy atom. The van der Waals surface area contributed by atoms with Crippen molar-refractivity contribution in [2.75, 3.05) is 5.75 Å². The van der Waals surface area contributed by atoms with Gasteiger partial charge in [-0.25, -0.2) is 0 Å². The van der Waals surface area contributed by atoms with Crippen molar-refractivity contribution in [1.82, 2.24) is 0 Å². The number of hydrogen-bond acceptors (Lipinski definition) is 3. The van der Waals surface area contributed by atoms with E-state index in [0.717, 1.165) is 10.5 Å². The van der Waals surface area contributed by atoms with Crippen molar-refractivity contribution in [3.63, 3.8) is 0 Å². The molecular weight excluding hydrogens is 292 g/mol. The lowest BCUT2D eigenvalue weighted by atomic mass is 10.2. The standard InChI is InChI=1S/C18H15N2OS/c19-13-17(14-20)11-12-22(21,18-9-5-2-6-10-18)15-16-7-3-1-4-8-16/h1-11H,12,15H2/q+1. The summed E-state index contributed by atoms with van der Waals surface area (Å²) in [4.78, 5) is 0.741. The zero-order valence-electron chi connectivity index (χ0n) is 12.0. The molecule has 2 aromatic carbocycles. The summed E-state index contributed by atoms with van der Waals surface area (Å²) in [6, 6.07) is 22.5. The molecule has 1 atom stereocenters. The van der Waals surface area contributed by atoms with E-state index in [1.54, 1.807) is 0 Å². The number of allylic oxidation sites excluding steroid dienone is 1. The average molecular weight is 307 g/mol. The molecule has 2 aromatic rings. The van der Waals surface area contributed by atoms with Gasteiger partial charge >= 0.3 is 0 Å². The molecule has 0 aliphatic rings. The second-order valence-electron chi connectivity index (χ2n) is 4.76. The first kappa shape index (κ1) is 15.7. The third kappa shape index (κ3) is 3.91. The third-order valence-corrected chi connectivity index (χ3v) is 5.85. The summed E-state index contributed by atoms with van der Waals surface area (Å²) in [6.07, 6.45) is 1.47. The number of rotatable bonds is 5. The van der Waals surface area contributed by atoms with Gasteiger partial charge in [0.05, 0.1) is 0 Å². The van der Waals surface area contributed by atoms with Crippen LogP contribution in [0.1, 0.15) is 5.56 Å². The second-order valence-corrected chi connectivity index (χ2v) is 7.48. The number of hydrogen-bond donors (Lipinski definition) is 0. The maximum absolute atomic E-state index is 13.4. The van der Waals surface area contributed by atoms with E-state index in [4.69, 9.17) is 10.5 Å². The molecule has 0 N–H and O–H groups in total. The van der Waals surface area contributed by atoms with Crippen molar-refractivity contribution in [2.24, 2.45) is 0 Å². The van der Waals surface area contributed by atoms with Crippen molar-refractivity contribution >= 4 is 9.93 Å². The van der Waals surface area contributed by atoms with Crippen LogP contribution in [-0.2, 0) is 19.9 Å². The number of nitriles is 2. The minimum atomic E-state index is -2.41. The molecule has 3 nitrogen and oxygen atoms in total. The van der Waals surface area contributed by atoms with Gasteiger partial charge < -0.3 is 0 Å².